The average Bonchev–Trinajstić information content (AvgIpc) is 2.58. The van der Waals surface area contributed by atoms with E-state index < -0.39 is 12.1 Å². The van der Waals surface area contributed by atoms with Crippen molar-refractivity contribution >= 4 is 11.8 Å². The average molecular weight is 360 g/mol. The highest BCUT2D eigenvalue weighted by molar-refractivity contribution is 5.81. The van der Waals surface area contributed by atoms with Crippen LogP contribution in [0.3, 0.4) is 0 Å². The van der Waals surface area contributed by atoms with Crippen molar-refractivity contribution in [2.45, 2.75) is 25.9 Å². The van der Waals surface area contributed by atoms with Crippen LogP contribution in [0.5, 0.6) is 0 Å². The van der Waals surface area contributed by atoms with Crippen LogP contribution in [0.1, 0.15) is 13.8 Å². The van der Waals surface area contributed by atoms with Crippen LogP contribution in [0.4, 0.5) is 0 Å². The third-order valence-electron chi connectivity index (χ3n) is 3.80. The predicted molar refractivity (Wildman–Crippen MR) is 92.9 cm³/mol. The lowest BCUT2D eigenvalue weighted by atomic mass is 10.3. The van der Waals surface area contributed by atoms with E-state index in [1.165, 1.54) is 0 Å². The Hall–Kier alpha value is -1.26. The van der Waals surface area contributed by atoms with Gasteiger partial charge in [0.2, 0.25) is 11.8 Å². The van der Waals surface area contributed by atoms with Crippen molar-refractivity contribution in [1.82, 2.24) is 9.80 Å². The van der Waals surface area contributed by atoms with Crippen molar-refractivity contribution in [1.29, 1.82) is 0 Å². The first-order valence-electron chi connectivity index (χ1n) is 8.75. The number of amides is 2. The Morgan fingerprint density at radius 1 is 0.680 bits per heavy atom. The van der Waals surface area contributed by atoms with Gasteiger partial charge in [0.15, 0.2) is 0 Å². The summed E-state index contributed by atoms with van der Waals surface area (Å²) >= 11 is 0. The van der Waals surface area contributed by atoms with E-state index in [4.69, 9.17) is 25.7 Å². The molecule has 0 saturated carbocycles. The highest BCUT2D eigenvalue weighted by atomic mass is 16.5. The Morgan fingerprint density at radius 2 is 0.960 bits per heavy atom. The molecule has 2 amide bonds. The minimum Gasteiger partial charge on any atom is -0.378 e. The summed E-state index contributed by atoms with van der Waals surface area (Å²) in [5, 5.41) is 0. The van der Waals surface area contributed by atoms with Crippen LogP contribution in [0.25, 0.3) is 0 Å². The molecule has 1 aliphatic rings. The summed E-state index contributed by atoms with van der Waals surface area (Å²) < 4.78 is 16.5. The number of nitrogens with zero attached hydrogens (tertiary/aromatic N) is 2. The first-order valence-corrected chi connectivity index (χ1v) is 8.75. The number of carbonyl (C=O) groups excluding carboxylic acids is 2. The van der Waals surface area contributed by atoms with Crippen molar-refractivity contribution in [2.24, 2.45) is 11.5 Å². The zero-order chi connectivity index (χ0) is 18.7. The SMILES string of the molecule is C[C@H](N)C(=O)N1CCOCCOCCN(C(=O)[C@H](C)N)CCOCC1. The highest BCUT2D eigenvalue weighted by Crippen LogP contribution is 1.98. The maximum Gasteiger partial charge on any atom is 0.239 e. The highest BCUT2D eigenvalue weighted by Gasteiger charge is 2.19. The molecule has 0 aromatic rings. The van der Waals surface area contributed by atoms with Crippen molar-refractivity contribution < 1.29 is 23.8 Å². The Bertz CT molecular complexity index is 370. The van der Waals surface area contributed by atoms with Gasteiger partial charge in [-0.25, -0.2) is 0 Å². The van der Waals surface area contributed by atoms with Gasteiger partial charge in [0, 0.05) is 26.2 Å². The Kier molecular flexibility index (Phi) is 10.6. The summed E-state index contributed by atoms with van der Waals surface area (Å²) in [5.74, 6) is -0.275. The van der Waals surface area contributed by atoms with Gasteiger partial charge in [-0.1, -0.05) is 0 Å². The molecule has 1 rings (SSSR count). The molecule has 9 nitrogen and oxygen atoms in total. The molecule has 1 saturated heterocycles. The molecule has 0 bridgehead atoms. The number of nitrogens with two attached hydrogens (primary N) is 2. The zero-order valence-corrected chi connectivity index (χ0v) is 15.3. The first-order chi connectivity index (χ1) is 11.9. The maximum atomic E-state index is 12.1. The van der Waals surface area contributed by atoms with Gasteiger partial charge in [-0.3, -0.25) is 9.59 Å². The molecule has 25 heavy (non-hydrogen) atoms. The number of rotatable bonds is 2. The largest absolute Gasteiger partial charge is 0.378 e. The van der Waals surface area contributed by atoms with E-state index in [1.54, 1.807) is 23.6 Å². The fourth-order valence-electron chi connectivity index (χ4n) is 2.36. The van der Waals surface area contributed by atoms with E-state index in [0.29, 0.717) is 65.8 Å². The quantitative estimate of drug-likeness (QED) is 0.608. The van der Waals surface area contributed by atoms with Gasteiger partial charge in [0.05, 0.1) is 51.7 Å². The van der Waals surface area contributed by atoms with E-state index >= 15 is 0 Å². The lowest BCUT2D eigenvalue weighted by Gasteiger charge is -2.25. The molecular weight excluding hydrogens is 328 g/mol. The molecule has 9 heteroatoms. The summed E-state index contributed by atoms with van der Waals surface area (Å²) in [6.45, 7) is 7.52. The third-order valence-corrected chi connectivity index (χ3v) is 3.80. The fourth-order valence-corrected chi connectivity index (χ4v) is 2.36. The molecule has 4 N–H and O–H groups in total. The van der Waals surface area contributed by atoms with E-state index in [1.807, 2.05) is 0 Å². The van der Waals surface area contributed by atoms with E-state index in [0.717, 1.165) is 0 Å². The van der Waals surface area contributed by atoms with Gasteiger partial charge in [0.1, 0.15) is 0 Å². The van der Waals surface area contributed by atoms with Crippen LogP contribution in [0.15, 0.2) is 0 Å². The van der Waals surface area contributed by atoms with E-state index in [9.17, 15) is 9.59 Å². The van der Waals surface area contributed by atoms with E-state index in [-0.39, 0.29) is 11.8 Å². The zero-order valence-electron chi connectivity index (χ0n) is 15.3. The monoisotopic (exact) mass is 360 g/mol. The van der Waals surface area contributed by atoms with Crippen LogP contribution in [-0.4, -0.2) is 99.5 Å². The topological polar surface area (TPSA) is 120 Å². The lowest BCUT2D eigenvalue weighted by molar-refractivity contribution is -0.133. The molecule has 0 unspecified atom stereocenters. The summed E-state index contributed by atoms with van der Waals surface area (Å²) in [5.41, 5.74) is 11.4. The number of carbonyl (C=O) groups is 2. The van der Waals surface area contributed by atoms with Crippen LogP contribution in [0.2, 0.25) is 0 Å². The summed E-state index contributed by atoms with van der Waals surface area (Å²) in [7, 11) is 0. The van der Waals surface area contributed by atoms with Crippen molar-refractivity contribution in [3.8, 4) is 0 Å². The second kappa shape index (κ2) is 12.2. The molecule has 2 atom stereocenters. The molecule has 0 aromatic carbocycles. The molecule has 0 aliphatic carbocycles. The Balaban J connectivity index is 2.58. The van der Waals surface area contributed by atoms with Crippen molar-refractivity contribution in [3.05, 3.63) is 0 Å². The fraction of sp³-hybridized carbons (Fsp3) is 0.875. The molecular formula is C16H32N4O5. The second-order valence-electron chi connectivity index (χ2n) is 6.07. The summed E-state index contributed by atoms with van der Waals surface area (Å²) in [4.78, 5) is 27.5. The first kappa shape index (κ1) is 21.8. The number of hydrogen-bond acceptors (Lipinski definition) is 7. The minimum absolute atomic E-state index is 0.137. The van der Waals surface area contributed by atoms with Gasteiger partial charge in [-0.05, 0) is 13.8 Å². The molecule has 1 fully saturated rings. The number of ether oxygens (including phenoxy) is 3. The number of hydrogen-bond donors (Lipinski definition) is 2. The van der Waals surface area contributed by atoms with Gasteiger partial charge < -0.3 is 35.5 Å². The van der Waals surface area contributed by atoms with Crippen LogP contribution in [0, 0.1) is 0 Å². The molecule has 0 aromatic heterocycles. The molecule has 1 aliphatic heterocycles. The lowest BCUT2D eigenvalue weighted by Crippen LogP contribution is -2.46. The Labute approximate surface area is 149 Å². The standard InChI is InChI=1S/C16H32N4O5/c1-13(17)15(21)19-3-7-23-8-4-20(16(22)14(2)18)6-10-25-12-11-24-9-5-19/h13-14H,3-12,17-18H2,1-2H3/t13-,14-/m0/s1. The smallest absolute Gasteiger partial charge is 0.239 e. The maximum absolute atomic E-state index is 12.1. The molecule has 0 radical (unpaired) electrons. The van der Waals surface area contributed by atoms with Crippen LogP contribution in [-0.2, 0) is 23.8 Å². The van der Waals surface area contributed by atoms with Gasteiger partial charge in [-0.2, -0.15) is 0 Å². The normalized spacial score (nSPS) is 21.8. The van der Waals surface area contributed by atoms with Crippen molar-refractivity contribution in [2.75, 3.05) is 65.8 Å². The van der Waals surface area contributed by atoms with Crippen LogP contribution < -0.4 is 11.5 Å². The molecule has 146 valence electrons. The van der Waals surface area contributed by atoms with Crippen LogP contribution >= 0.6 is 0 Å². The van der Waals surface area contributed by atoms with Gasteiger partial charge >= 0.3 is 0 Å². The van der Waals surface area contributed by atoms with Gasteiger partial charge in [-0.15, -0.1) is 0 Å². The minimum atomic E-state index is -0.565. The molecule has 1 heterocycles. The molecule has 0 spiro atoms. The van der Waals surface area contributed by atoms with Gasteiger partial charge in [0.25, 0.3) is 0 Å². The predicted octanol–water partition coefficient (Wildman–Crippen LogP) is -1.60. The van der Waals surface area contributed by atoms with Crippen molar-refractivity contribution in [3.63, 3.8) is 0 Å². The summed E-state index contributed by atoms with van der Waals surface area (Å²) in [6.07, 6.45) is 0. The summed E-state index contributed by atoms with van der Waals surface area (Å²) in [6, 6.07) is -1.13. The Morgan fingerprint density at radius 3 is 1.24 bits per heavy atom. The second-order valence-corrected chi connectivity index (χ2v) is 6.07. The third kappa shape index (κ3) is 8.59. The van der Waals surface area contributed by atoms with E-state index in [2.05, 4.69) is 0 Å².